The van der Waals surface area contributed by atoms with Gasteiger partial charge in [-0.25, -0.2) is 4.79 Å². The zero-order valence-electron chi connectivity index (χ0n) is 13.3. The van der Waals surface area contributed by atoms with Crippen LogP contribution in [0, 0.1) is 0 Å². The third-order valence-corrected chi connectivity index (χ3v) is 3.83. The lowest BCUT2D eigenvalue weighted by molar-refractivity contribution is -0.142. The predicted molar refractivity (Wildman–Crippen MR) is 97.6 cm³/mol. The Balaban J connectivity index is 1.52. The molecule has 8 heteroatoms. The van der Waals surface area contributed by atoms with Gasteiger partial charge in [-0.3, -0.25) is 4.79 Å². The van der Waals surface area contributed by atoms with Gasteiger partial charge in [-0.05, 0) is 42.0 Å². The molecular formula is C18H13Cl2NO5. The second-order valence-corrected chi connectivity index (χ2v) is 6.08. The first-order chi connectivity index (χ1) is 12.5. The van der Waals surface area contributed by atoms with Crippen molar-refractivity contribution >= 4 is 46.8 Å². The van der Waals surface area contributed by atoms with Crippen LogP contribution in [0.25, 0.3) is 6.08 Å². The number of esters is 1. The zero-order valence-corrected chi connectivity index (χ0v) is 14.8. The van der Waals surface area contributed by atoms with Crippen LogP contribution in [0.4, 0.5) is 5.69 Å². The van der Waals surface area contributed by atoms with Gasteiger partial charge in [0.2, 0.25) is 6.79 Å². The molecule has 0 saturated carbocycles. The standard InChI is InChI=1S/C18H13Cl2NO5/c19-12-2-1-3-13(8-12)21-16(22)9-24-17(23)5-4-11-6-14(20)18-15(7-11)25-10-26-18/h1-8H,9-10H2,(H,21,22)/b5-4+. The Morgan fingerprint density at radius 1 is 1.19 bits per heavy atom. The molecule has 6 nitrogen and oxygen atoms in total. The molecule has 3 rings (SSSR count). The highest BCUT2D eigenvalue weighted by atomic mass is 35.5. The Kier molecular flexibility index (Phi) is 5.65. The van der Waals surface area contributed by atoms with Crippen molar-refractivity contribution in [1.29, 1.82) is 0 Å². The molecule has 2 aromatic rings. The number of carbonyl (C=O) groups excluding carboxylic acids is 2. The first kappa shape index (κ1) is 18.1. The molecule has 134 valence electrons. The lowest BCUT2D eigenvalue weighted by atomic mass is 10.2. The highest BCUT2D eigenvalue weighted by Crippen LogP contribution is 2.40. The van der Waals surface area contributed by atoms with E-state index in [1.165, 1.54) is 12.2 Å². The molecule has 1 amide bonds. The van der Waals surface area contributed by atoms with Gasteiger partial charge in [0.15, 0.2) is 18.1 Å². The molecule has 0 aromatic heterocycles. The minimum atomic E-state index is -0.667. The summed E-state index contributed by atoms with van der Waals surface area (Å²) in [4.78, 5) is 23.5. The summed E-state index contributed by atoms with van der Waals surface area (Å²) in [5.74, 6) is -0.157. The summed E-state index contributed by atoms with van der Waals surface area (Å²) >= 11 is 11.9. The zero-order chi connectivity index (χ0) is 18.5. The summed E-state index contributed by atoms with van der Waals surface area (Å²) in [6, 6.07) is 9.96. The molecular weight excluding hydrogens is 381 g/mol. The molecule has 0 unspecified atom stereocenters. The van der Waals surface area contributed by atoms with Crippen molar-refractivity contribution in [3.63, 3.8) is 0 Å². The average molecular weight is 394 g/mol. The van der Waals surface area contributed by atoms with Gasteiger partial charge in [0.1, 0.15) is 0 Å². The number of amides is 1. The summed E-state index contributed by atoms with van der Waals surface area (Å²) in [6.07, 6.45) is 2.70. The number of ether oxygens (including phenoxy) is 3. The summed E-state index contributed by atoms with van der Waals surface area (Å²) in [5.41, 5.74) is 1.16. The van der Waals surface area contributed by atoms with E-state index in [1.54, 1.807) is 36.4 Å². The lowest BCUT2D eigenvalue weighted by Gasteiger charge is -2.05. The van der Waals surface area contributed by atoms with Crippen molar-refractivity contribution in [3.05, 3.63) is 58.1 Å². The van der Waals surface area contributed by atoms with E-state index in [4.69, 9.17) is 37.4 Å². The average Bonchev–Trinajstić information content (AvgIpc) is 3.07. The van der Waals surface area contributed by atoms with E-state index in [1.807, 2.05) is 0 Å². The van der Waals surface area contributed by atoms with Crippen LogP contribution >= 0.6 is 23.2 Å². The fourth-order valence-electron chi connectivity index (χ4n) is 2.20. The van der Waals surface area contributed by atoms with Crippen molar-refractivity contribution in [2.45, 2.75) is 0 Å². The normalized spacial score (nSPS) is 12.2. The number of halogens is 2. The molecule has 26 heavy (non-hydrogen) atoms. The number of benzene rings is 2. The smallest absolute Gasteiger partial charge is 0.331 e. The van der Waals surface area contributed by atoms with E-state index in [0.717, 1.165) is 0 Å². The fourth-order valence-corrected chi connectivity index (χ4v) is 2.66. The van der Waals surface area contributed by atoms with E-state index >= 15 is 0 Å². The van der Waals surface area contributed by atoms with Crippen LogP contribution in [0.1, 0.15) is 5.56 Å². The van der Waals surface area contributed by atoms with Gasteiger partial charge in [0.25, 0.3) is 5.91 Å². The molecule has 1 heterocycles. The van der Waals surface area contributed by atoms with Gasteiger partial charge in [-0.2, -0.15) is 0 Å². The predicted octanol–water partition coefficient (Wildman–Crippen LogP) is 3.92. The molecule has 1 aliphatic heterocycles. The van der Waals surface area contributed by atoms with E-state index in [2.05, 4.69) is 5.32 Å². The Bertz CT molecular complexity index is 882. The number of rotatable bonds is 5. The molecule has 0 saturated heterocycles. The Morgan fingerprint density at radius 2 is 2.04 bits per heavy atom. The van der Waals surface area contributed by atoms with E-state index in [-0.39, 0.29) is 6.79 Å². The maximum Gasteiger partial charge on any atom is 0.331 e. The summed E-state index contributed by atoms with van der Waals surface area (Å²) in [7, 11) is 0. The lowest BCUT2D eigenvalue weighted by Crippen LogP contribution is -2.20. The fraction of sp³-hybridized carbons (Fsp3) is 0.111. The van der Waals surface area contributed by atoms with Crippen LogP contribution in [-0.4, -0.2) is 25.3 Å². The summed E-state index contributed by atoms with van der Waals surface area (Å²) in [5, 5.41) is 3.45. The van der Waals surface area contributed by atoms with Crippen LogP contribution in [0.5, 0.6) is 11.5 Å². The highest BCUT2D eigenvalue weighted by molar-refractivity contribution is 6.32. The third-order valence-electron chi connectivity index (χ3n) is 3.32. The molecule has 1 aliphatic rings. The number of anilines is 1. The first-order valence-corrected chi connectivity index (χ1v) is 8.26. The van der Waals surface area contributed by atoms with Crippen molar-refractivity contribution in [3.8, 4) is 11.5 Å². The van der Waals surface area contributed by atoms with Crippen molar-refractivity contribution in [2.75, 3.05) is 18.7 Å². The second kappa shape index (κ2) is 8.12. The first-order valence-electron chi connectivity index (χ1n) is 7.50. The molecule has 2 aromatic carbocycles. The summed E-state index contributed by atoms with van der Waals surface area (Å²) in [6.45, 7) is -0.316. The van der Waals surface area contributed by atoms with Gasteiger partial charge in [-0.15, -0.1) is 0 Å². The van der Waals surface area contributed by atoms with E-state index < -0.39 is 18.5 Å². The maximum absolute atomic E-state index is 11.8. The molecule has 1 N–H and O–H groups in total. The van der Waals surface area contributed by atoms with E-state index in [9.17, 15) is 9.59 Å². The van der Waals surface area contributed by atoms with Gasteiger partial charge < -0.3 is 19.5 Å². The second-order valence-electron chi connectivity index (χ2n) is 5.24. The molecule has 0 spiro atoms. The van der Waals surface area contributed by atoms with E-state index in [0.29, 0.717) is 32.8 Å². The number of carbonyl (C=O) groups is 2. The number of nitrogens with one attached hydrogen (secondary N) is 1. The quantitative estimate of drug-likeness (QED) is 0.615. The minimum absolute atomic E-state index is 0.103. The van der Waals surface area contributed by atoms with Crippen LogP contribution < -0.4 is 14.8 Å². The van der Waals surface area contributed by atoms with Crippen LogP contribution in [0.2, 0.25) is 10.0 Å². The maximum atomic E-state index is 11.8. The van der Waals surface area contributed by atoms with Crippen LogP contribution in [0.15, 0.2) is 42.5 Å². The van der Waals surface area contributed by atoms with Crippen molar-refractivity contribution in [1.82, 2.24) is 0 Å². The number of fused-ring (bicyclic) bond motifs is 1. The molecule has 0 radical (unpaired) electrons. The monoisotopic (exact) mass is 393 g/mol. The largest absolute Gasteiger partial charge is 0.454 e. The third kappa shape index (κ3) is 4.68. The SMILES string of the molecule is O=C(COC(=O)/C=C/c1cc(Cl)c2c(c1)OCO2)Nc1cccc(Cl)c1. The minimum Gasteiger partial charge on any atom is -0.454 e. The molecule has 0 aliphatic carbocycles. The van der Waals surface area contributed by atoms with Gasteiger partial charge in [-0.1, -0.05) is 29.3 Å². The molecule has 0 fully saturated rings. The van der Waals surface area contributed by atoms with Crippen molar-refractivity contribution in [2.24, 2.45) is 0 Å². The summed E-state index contributed by atoms with van der Waals surface area (Å²) < 4.78 is 15.4. The van der Waals surface area contributed by atoms with Gasteiger partial charge in [0.05, 0.1) is 5.02 Å². The Morgan fingerprint density at radius 3 is 2.85 bits per heavy atom. The number of hydrogen-bond donors (Lipinski definition) is 1. The van der Waals surface area contributed by atoms with Gasteiger partial charge >= 0.3 is 5.97 Å². The topological polar surface area (TPSA) is 73.9 Å². The number of hydrogen-bond acceptors (Lipinski definition) is 5. The Labute approximate surface area is 159 Å². The van der Waals surface area contributed by atoms with Crippen LogP contribution in [-0.2, 0) is 14.3 Å². The molecule has 0 bridgehead atoms. The van der Waals surface area contributed by atoms with Crippen molar-refractivity contribution < 1.29 is 23.8 Å². The Hall–Kier alpha value is -2.70. The highest BCUT2D eigenvalue weighted by Gasteiger charge is 2.17. The molecule has 0 atom stereocenters. The van der Waals surface area contributed by atoms with Crippen LogP contribution in [0.3, 0.4) is 0 Å². The van der Waals surface area contributed by atoms with Gasteiger partial charge in [0, 0.05) is 16.8 Å².